The van der Waals surface area contributed by atoms with E-state index >= 15 is 0 Å². The summed E-state index contributed by atoms with van der Waals surface area (Å²) in [6.07, 6.45) is 2.68. The number of halogens is 1. The molecule has 0 amide bonds. The van der Waals surface area contributed by atoms with Gasteiger partial charge in [0.15, 0.2) is 0 Å². The molecule has 7 heteroatoms. The highest BCUT2D eigenvalue weighted by atomic mass is 32.2. The van der Waals surface area contributed by atoms with Crippen LogP contribution in [0.25, 0.3) is 11.5 Å². The van der Waals surface area contributed by atoms with Gasteiger partial charge in [-0.05, 0) is 55.0 Å². The molecule has 1 aromatic heterocycles. The molecule has 0 N–H and O–H groups in total. The molecule has 0 atom stereocenters. The second-order valence-corrected chi connectivity index (χ2v) is 9.64. The summed E-state index contributed by atoms with van der Waals surface area (Å²) in [6, 6.07) is 12.9. The second-order valence-electron chi connectivity index (χ2n) is 7.78. The molecule has 30 heavy (non-hydrogen) atoms. The number of hydrogen-bond acceptors (Lipinski definition) is 5. The number of aromatic nitrogens is 1. The third-order valence-electron chi connectivity index (χ3n) is 5.65. The molecule has 2 heterocycles. The van der Waals surface area contributed by atoms with Gasteiger partial charge in [0.2, 0.25) is 26.6 Å². The first-order valence-electron chi connectivity index (χ1n) is 10.2. The first-order chi connectivity index (χ1) is 14.4. The Morgan fingerprint density at radius 3 is 2.40 bits per heavy atom. The zero-order valence-electron chi connectivity index (χ0n) is 17.1. The van der Waals surface area contributed by atoms with Crippen molar-refractivity contribution in [1.82, 2.24) is 4.98 Å². The quantitative estimate of drug-likeness (QED) is 0.565. The molecule has 158 valence electrons. The molecule has 3 aromatic rings. The number of oxazole rings is 1. The lowest BCUT2D eigenvalue weighted by Crippen LogP contribution is -2.33. The van der Waals surface area contributed by atoms with Crippen molar-refractivity contribution in [3.05, 3.63) is 59.9 Å². The molecule has 0 spiro atoms. The van der Waals surface area contributed by atoms with Crippen LogP contribution in [-0.4, -0.2) is 26.5 Å². The predicted molar refractivity (Wildman–Crippen MR) is 114 cm³/mol. The summed E-state index contributed by atoms with van der Waals surface area (Å²) >= 11 is 0. The first kappa shape index (κ1) is 20.6. The van der Waals surface area contributed by atoms with E-state index < -0.39 is 15.7 Å². The Hall–Kier alpha value is -2.67. The third-order valence-corrected chi connectivity index (χ3v) is 7.32. The second kappa shape index (κ2) is 8.22. The average molecular weight is 429 g/mol. The van der Waals surface area contributed by atoms with Crippen molar-refractivity contribution < 1.29 is 17.2 Å². The zero-order valence-corrected chi connectivity index (χ0v) is 18.0. The summed E-state index contributed by atoms with van der Waals surface area (Å²) in [5.41, 5.74) is 1.19. The van der Waals surface area contributed by atoms with Gasteiger partial charge in [0.05, 0.1) is 10.5 Å². The number of hydrogen-bond donors (Lipinski definition) is 0. The third kappa shape index (κ3) is 3.86. The summed E-state index contributed by atoms with van der Waals surface area (Å²) in [7, 11) is -3.93. The van der Waals surface area contributed by atoms with Crippen LogP contribution in [0.15, 0.2) is 62.9 Å². The zero-order chi connectivity index (χ0) is 21.3. The number of aryl methyl sites for hydroxylation is 1. The van der Waals surface area contributed by atoms with Gasteiger partial charge in [-0.15, -0.1) is 0 Å². The van der Waals surface area contributed by atoms with Crippen LogP contribution in [0.5, 0.6) is 0 Å². The van der Waals surface area contributed by atoms with Crippen LogP contribution in [0.2, 0.25) is 0 Å². The van der Waals surface area contributed by atoms with E-state index in [1.165, 1.54) is 12.1 Å². The van der Waals surface area contributed by atoms with Crippen molar-refractivity contribution in [2.24, 2.45) is 5.92 Å². The van der Waals surface area contributed by atoms with Crippen molar-refractivity contribution in [3.8, 4) is 11.5 Å². The van der Waals surface area contributed by atoms with Gasteiger partial charge in [0, 0.05) is 13.1 Å². The standard InChI is InChI=1S/C23H25FN2O3S/c1-3-17-8-10-18(11-9-17)30(27,28)22-23(26-14-12-16(2)13-15-26)29-21(25-22)19-6-4-5-7-20(19)24/h4-11,16H,3,12-15H2,1-2H3. The highest BCUT2D eigenvalue weighted by molar-refractivity contribution is 7.91. The topological polar surface area (TPSA) is 63.4 Å². The van der Waals surface area contributed by atoms with E-state index in [1.807, 2.05) is 11.8 Å². The largest absolute Gasteiger partial charge is 0.419 e. The smallest absolute Gasteiger partial charge is 0.236 e. The molecule has 1 fully saturated rings. The highest BCUT2D eigenvalue weighted by Crippen LogP contribution is 2.37. The Kier molecular flexibility index (Phi) is 5.64. The molecule has 1 aliphatic rings. The maximum absolute atomic E-state index is 14.3. The number of benzene rings is 2. The van der Waals surface area contributed by atoms with E-state index in [2.05, 4.69) is 11.9 Å². The Morgan fingerprint density at radius 2 is 1.77 bits per heavy atom. The van der Waals surface area contributed by atoms with E-state index in [4.69, 9.17) is 4.42 Å². The van der Waals surface area contributed by atoms with Crippen LogP contribution < -0.4 is 4.90 Å². The van der Waals surface area contributed by atoms with Gasteiger partial charge in [-0.25, -0.2) is 12.8 Å². The van der Waals surface area contributed by atoms with Crippen LogP contribution in [0.3, 0.4) is 0 Å². The van der Waals surface area contributed by atoms with Gasteiger partial charge >= 0.3 is 0 Å². The maximum atomic E-state index is 14.3. The van der Waals surface area contributed by atoms with Crippen molar-refractivity contribution in [2.75, 3.05) is 18.0 Å². The van der Waals surface area contributed by atoms with Crippen molar-refractivity contribution in [2.45, 2.75) is 43.0 Å². The summed E-state index contributed by atoms with van der Waals surface area (Å²) in [5, 5.41) is -0.153. The Morgan fingerprint density at radius 1 is 1.10 bits per heavy atom. The fourth-order valence-electron chi connectivity index (χ4n) is 3.65. The highest BCUT2D eigenvalue weighted by Gasteiger charge is 2.33. The Labute approximate surface area is 176 Å². The molecule has 5 nitrogen and oxygen atoms in total. The van der Waals surface area contributed by atoms with E-state index in [0.29, 0.717) is 19.0 Å². The molecular formula is C23H25FN2O3S. The van der Waals surface area contributed by atoms with E-state index in [1.54, 1.807) is 36.4 Å². The van der Waals surface area contributed by atoms with Crippen molar-refractivity contribution >= 4 is 15.7 Å². The van der Waals surface area contributed by atoms with Gasteiger partial charge in [0.1, 0.15) is 5.82 Å². The lowest BCUT2D eigenvalue weighted by Gasteiger charge is -2.30. The van der Waals surface area contributed by atoms with Gasteiger partial charge in [-0.2, -0.15) is 4.98 Å². The van der Waals surface area contributed by atoms with Gasteiger partial charge in [-0.3, -0.25) is 0 Å². The molecule has 4 rings (SSSR count). The normalized spacial score (nSPS) is 15.5. The van der Waals surface area contributed by atoms with Crippen LogP contribution in [0.4, 0.5) is 10.3 Å². The number of rotatable bonds is 5. The Balaban J connectivity index is 1.83. The summed E-state index contributed by atoms with van der Waals surface area (Å²) in [5.74, 6) is 0.232. The number of piperidine rings is 1. The van der Waals surface area contributed by atoms with Crippen molar-refractivity contribution in [3.63, 3.8) is 0 Å². The van der Waals surface area contributed by atoms with E-state index in [9.17, 15) is 12.8 Å². The molecule has 1 saturated heterocycles. The lowest BCUT2D eigenvalue weighted by molar-refractivity contribution is 0.415. The van der Waals surface area contributed by atoms with Crippen LogP contribution in [0, 0.1) is 11.7 Å². The Bertz CT molecular complexity index is 1130. The minimum Gasteiger partial charge on any atom is -0.419 e. The summed E-state index contributed by atoms with van der Waals surface area (Å²) in [6.45, 7) is 5.53. The number of sulfone groups is 1. The molecule has 0 bridgehead atoms. The molecule has 0 unspecified atom stereocenters. The van der Waals surface area contributed by atoms with Crippen LogP contribution in [-0.2, 0) is 16.3 Å². The van der Waals surface area contributed by atoms with Gasteiger partial charge in [-0.1, -0.05) is 38.1 Å². The monoisotopic (exact) mass is 428 g/mol. The fraction of sp³-hybridized carbons (Fsp3) is 0.348. The predicted octanol–water partition coefficient (Wildman–Crippen LogP) is 5.11. The number of anilines is 1. The summed E-state index contributed by atoms with van der Waals surface area (Å²) in [4.78, 5) is 6.35. The molecule has 2 aromatic carbocycles. The van der Waals surface area contributed by atoms with Gasteiger partial charge in [0.25, 0.3) is 0 Å². The van der Waals surface area contributed by atoms with Crippen LogP contribution in [0.1, 0.15) is 32.3 Å². The lowest BCUT2D eigenvalue weighted by atomic mass is 9.99. The maximum Gasteiger partial charge on any atom is 0.236 e. The minimum absolute atomic E-state index is 0.0227. The van der Waals surface area contributed by atoms with E-state index in [-0.39, 0.29) is 27.3 Å². The minimum atomic E-state index is -3.93. The summed E-state index contributed by atoms with van der Waals surface area (Å²) < 4.78 is 47.2. The fourth-order valence-corrected chi connectivity index (χ4v) is 4.97. The number of nitrogens with zero attached hydrogens (tertiary/aromatic N) is 2. The van der Waals surface area contributed by atoms with Gasteiger partial charge < -0.3 is 9.32 Å². The van der Waals surface area contributed by atoms with Crippen LogP contribution >= 0.6 is 0 Å². The molecule has 1 aliphatic heterocycles. The average Bonchev–Trinajstić information content (AvgIpc) is 3.21. The van der Waals surface area contributed by atoms with Crippen molar-refractivity contribution in [1.29, 1.82) is 0 Å². The molecule has 0 radical (unpaired) electrons. The first-order valence-corrected chi connectivity index (χ1v) is 11.7. The molecule has 0 saturated carbocycles. The SMILES string of the molecule is CCc1ccc(S(=O)(=O)c2nc(-c3ccccc3F)oc2N2CCC(C)CC2)cc1. The van der Waals surface area contributed by atoms with E-state index in [0.717, 1.165) is 24.8 Å². The molecular weight excluding hydrogens is 403 g/mol. The molecule has 0 aliphatic carbocycles.